The Kier molecular flexibility index (Phi) is 3.61. The highest BCUT2D eigenvalue weighted by Crippen LogP contribution is 2.36. The molecule has 0 unspecified atom stereocenters. The zero-order valence-electron chi connectivity index (χ0n) is 12.5. The number of benzene rings is 2. The molecule has 0 spiro atoms. The maximum absolute atomic E-state index is 5.52. The first-order valence-corrected chi connectivity index (χ1v) is 7.94. The van der Waals surface area contributed by atoms with Gasteiger partial charge in [-0.2, -0.15) is 0 Å². The van der Waals surface area contributed by atoms with Gasteiger partial charge >= 0.3 is 0 Å². The maximum Gasteiger partial charge on any atom is 0.0783 e. The second-order valence-electron chi connectivity index (χ2n) is 5.85. The summed E-state index contributed by atoms with van der Waals surface area (Å²) >= 11 is 0. The van der Waals surface area contributed by atoms with E-state index in [9.17, 15) is 0 Å². The lowest BCUT2D eigenvalue weighted by Gasteiger charge is -2.24. The van der Waals surface area contributed by atoms with E-state index in [-0.39, 0.29) is 0 Å². The minimum absolute atomic E-state index is 0.575. The van der Waals surface area contributed by atoms with Gasteiger partial charge in [0.05, 0.1) is 5.69 Å². The molecule has 110 valence electrons. The lowest BCUT2D eigenvalue weighted by atomic mass is 9.86. The topological polar surface area (TPSA) is 22.1 Å². The highest BCUT2D eigenvalue weighted by Gasteiger charge is 2.20. The van der Waals surface area contributed by atoms with Gasteiger partial charge in [-0.3, -0.25) is 4.98 Å². The van der Waals surface area contributed by atoms with E-state index in [1.807, 2.05) is 6.20 Å². The summed E-state index contributed by atoms with van der Waals surface area (Å²) in [6.07, 6.45) is 4.11. The summed E-state index contributed by atoms with van der Waals surface area (Å²) in [5.41, 5.74) is 3.78. The van der Waals surface area contributed by atoms with Crippen LogP contribution in [0.25, 0.3) is 22.0 Å². The van der Waals surface area contributed by atoms with Crippen molar-refractivity contribution in [3.63, 3.8) is 0 Å². The van der Waals surface area contributed by atoms with Crippen LogP contribution in [0.15, 0.2) is 60.8 Å². The minimum atomic E-state index is 0.575. The van der Waals surface area contributed by atoms with Gasteiger partial charge in [-0.1, -0.05) is 48.5 Å². The molecular weight excluding hydrogens is 270 g/mol. The molecule has 0 atom stereocenters. The van der Waals surface area contributed by atoms with Crippen LogP contribution < -0.4 is 0 Å². The first-order valence-electron chi connectivity index (χ1n) is 7.94. The molecule has 0 N–H and O–H groups in total. The summed E-state index contributed by atoms with van der Waals surface area (Å²) in [4.78, 5) is 4.70. The minimum Gasteiger partial charge on any atom is -0.381 e. The van der Waals surface area contributed by atoms with Gasteiger partial charge in [-0.25, -0.2) is 0 Å². The number of hydrogen-bond donors (Lipinski definition) is 0. The SMILES string of the molecule is c1ccc(C2CCOCC2)c(-c2nccc3ccccc23)c1. The summed E-state index contributed by atoms with van der Waals surface area (Å²) in [6.45, 7) is 1.73. The Morgan fingerprint density at radius 2 is 1.64 bits per heavy atom. The average Bonchev–Trinajstić information content (AvgIpc) is 2.62. The Morgan fingerprint density at radius 1 is 0.864 bits per heavy atom. The van der Waals surface area contributed by atoms with Crippen molar-refractivity contribution in [1.82, 2.24) is 4.98 Å². The third-order valence-electron chi connectivity index (χ3n) is 4.55. The van der Waals surface area contributed by atoms with Gasteiger partial charge in [0.1, 0.15) is 0 Å². The molecule has 4 rings (SSSR count). The van der Waals surface area contributed by atoms with Crippen molar-refractivity contribution < 1.29 is 4.74 Å². The van der Waals surface area contributed by atoms with Gasteiger partial charge in [-0.05, 0) is 35.8 Å². The first-order chi connectivity index (χ1) is 10.9. The molecule has 0 amide bonds. The molecule has 1 aliphatic heterocycles. The van der Waals surface area contributed by atoms with Crippen LogP contribution in [0.3, 0.4) is 0 Å². The lowest BCUT2D eigenvalue weighted by molar-refractivity contribution is 0.0854. The molecule has 2 nitrogen and oxygen atoms in total. The monoisotopic (exact) mass is 289 g/mol. The third-order valence-corrected chi connectivity index (χ3v) is 4.55. The predicted octanol–water partition coefficient (Wildman–Crippen LogP) is 4.80. The highest BCUT2D eigenvalue weighted by atomic mass is 16.5. The molecule has 0 bridgehead atoms. The highest BCUT2D eigenvalue weighted by molar-refractivity contribution is 5.95. The Labute approximate surface area is 130 Å². The van der Waals surface area contributed by atoms with Crippen molar-refractivity contribution in [2.45, 2.75) is 18.8 Å². The summed E-state index contributed by atoms with van der Waals surface area (Å²) < 4.78 is 5.52. The van der Waals surface area contributed by atoms with Crippen LogP contribution in [-0.4, -0.2) is 18.2 Å². The van der Waals surface area contributed by atoms with Gasteiger partial charge in [-0.15, -0.1) is 0 Å². The van der Waals surface area contributed by atoms with Crippen molar-refractivity contribution in [1.29, 1.82) is 0 Å². The Bertz CT molecular complexity index is 785. The Balaban J connectivity index is 1.88. The molecular formula is C20H19NO. The van der Waals surface area contributed by atoms with Crippen LogP contribution in [0.5, 0.6) is 0 Å². The molecule has 1 saturated heterocycles. The molecule has 2 heterocycles. The van der Waals surface area contributed by atoms with Crippen molar-refractivity contribution in [2.75, 3.05) is 13.2 Å². The Morgan fingerprint density at radius 3 is 2.55 bits per heavy atom. The molecule has 0 saturated carbocycles. The van der Waals surface area contributed by atoms with Crippen molar-refractivity contribution >= 4 is 10.8 Å². The average molecular weight is 289 g/mol. The second-order valence-corrected chi connectivity index (χ2v) is 5.85. The van der Waals surface area contributed by atoms with Crippen LogP contribution in [0.4, 0.5) is 0 Å². The van der Waals surface area contributed by atoms with E-state index in [2.05, 4.69) is 54.6 Å². The largest absolute Gasteiger partial charge is 0.381 e. The zero-order chi connectivity index (χ0) is 14.8. The number of pyridine rings is 1. The van der Waals surface area contributed by atoms with E-state index >= 15 is 0 Å². The lowest BCUT2D eigenvalue weighted by Crippen LogP contribution is -2.14. The van der Waals surface area contributed by atoms with Crippen molar-refractivity contribution in [3.8, 4) is 11.3 Å². The fraction of sp³-hybridized carbons (Fsp3) is 0.250. The molecule has 0 radical (unpaired) electrons. The zero-order valence-corrected chi connectivity index (χ0v) is 12.5. The molecule has 2 aromatic carbocycles. The first kappa shape index (κ1) is 13.5. The normalized spacial score (nSPS) is 16.0. The molecule has 22 heavy (non-hydrogen) atoms. The van der Waals surface area contributed by atoms with Crippen LogP contribution in [-0.2, 0) is 4.74 Å². The van der Waals surface area contributed by atoms with Crippen molar-refractivity contribution in [3.05, 3.63) is 66.4 Å². The quantitative estimate of drug-likeness (QED) is 0.676. The van der Waals surface area contributed by atoms with Crippen LogP contribution >= 0.6 is 0 Å². The molecule has 0 aliphatic carbocycles. The van der Waals surface area contributed by atoms with Gasteiger partial charge in [0.25, 0.3) is 0 Å². The fourth-order valence-corrected chi connectivity index (χ4v) is 3.41. The van der Waals surface area contributed by atoms with E-state index in [0.717, 1.165) is 31.7 Å². The number of nitrogens with zero attached hydrogens (tertiary/aromatic N) is 1. The van der Waals surface area contributed by atoms with Crippen LogP contribution in [0, 0.1) is 0 Å². The second kappa shape index (κ2) is 5.90. The summed E-state index contributed by atoms with van der Waals surface area (Å²) in [5, 5.41) is 2.47. The molecule has 3 aromatic rings. The number of fused-ring (bicyclic) bond motifs is 1. The van der Waals surface area contributed by atoms with E-state index in [4.69, 9.17) is 9.72 Å². The smallest absolute Gasteiger partial charge is 0.0783 e. The molecule has 1 fully saturated rings. The van der Waals surface area contributed by atoms with Crippen LogP contribution in [0.1, 0.15) is 24.3 Å². The number of ether oxygens (including phenoxy) is 1. The van der Waals surface area contributed by atoms with E-state index in [1.165, 1.54) is 21.9 Å². The number of hydrogen-bond acceptors (Lipinski definition) is 2. The summed E-state index contributed by atoms with van der Waals surface area (Å²) in [6, 6.07) is 19.3. The summed E-state index contributed by atoms with van der Waals surface area (Å²) in [7, 11) is 0. The number of aromatic nitrogens is 1. The molecule has 1 aliphatic rings. The number of rotatable bonds is 2. The Hall–Kier alpha value is -2.19. The summed E-state index contributed by atoms with van der Waals surface area (Å²) in [5.74, 6) is 0.575. The standard InChI is InChI=1S/C20H19NO/c1-2-7-18-15(5-1)9-12-21-20(18)19-8-4-3-6-17(19)16-10-13-22-14-11-16/h1-9,12,16H,10-11,13-14H2. The predicted molar refractivity (Wildman–Crippen MR) is 90.0 cm³/mol. The molecule has 2 heteroatoms. The van der Waals surface area contributed by atoms with Crippen molar-refractivity contribution in [2.24, 2.45) is 0 Å². The maximum atomic E-state index is 5.52. The molecule has 1 aromatic heterocycles. The van der Waals surface area contributed by atoms with Gasteiger partial charge in [0.2, 0.25) is 0 Å². The van der Waals surface area contributed by atoms with Gasteiger partial charge in [0.15, 0.2) is 0 Å². The third kappa shape index (κ3) is 2.40. The van der Waals surface area contributed by atoms with E-state index in [1.54, 1.807) is 0 Å². The van der Waals surface area contributed by atoms with E-state index < -0.39 is 0 Å². The van der Waals surface area contributed by atoms with E-state index in [0.29, 0.717) is 5.92 Å². The van der Waals surface area contributed by atoms with Crippen LogP contribution in [0.2, 0.25) is 0 Å². The fourth-order valence-electron chi connectivity index (χ4n) is 3.41. The van der Waals surface area contributed by atoms with Gasteiger partial charge in [0, 0.05) is 30.4 Å². The van der Waals surface area contributed by atoms with Gasteiger partial charge < -0.3 is 4.74 Å².